The molecule has 1 aromatic heterocycles. The van der Waals surface area contributed by atoms with Crippen molar-refractivity contribution in [2.24, 2.45) is 5.84 Å². The summed E-state index contributed by atoms with van der Waals surface area (Å²) in [6, 6.07) is 10.6. The van der Waals surface area contributed by atoms with Crippen LogP contribution in [0.1, 0.15) is 15.9 Å². The van der Waals surface area contributed by atoms with Crippen molar-refractivity contribution in [1.29, 1.82) is 0 Å². The number of nitrogens with two attached hydrogens (primary N) is 1. The molecule has 0 atom stereocenters. The normalized spacial score (nSPS) is 10.5. The van der Waals surface area contributed by atoms with E-state index in [1.54, 1.807) is 31.2 Å². The first-order valence-corrected chi connectivity index (χ1v) is 7.78. The van der Waals surface area contributed by atoms with Crippen LogP contribution in [-0.4, -0.2) is 10.9 Å². The van der Waals surface area contributed by atoms with Gasteiger partial charge in [-0.3, -0.25) is 15.2 Å². The van der Waals surface area contributed by atoms with Crippen LogP contribution in [0, 0.1) is 18.6 Å². The fraction of sp³-hybridized carbons (Fsp3) is 0.0526. The number of hydrazine groups is 1. The summed E-state index contributed by atoms with van der Waals surface area (Å²) >= 11 is 0. The third kappa shape index (κ3) is 3.38. The zero-order chi connectivity index (χ0) is 18.7. The van der Waals surface area contributed by atoms with Crippen LogP contribution in [0.15, 0.2) is 54.9 Å². The highest BCUT2D eigenvalue weighted by Crippen LogP contribution is 2.32. The van der Waals surface area contributed by atoms with Gasteiger partial charge >= 0.3 is 0 Å². The predicted molar refractivity (Wildman–Crippen MR) is 95.7 cm³/mol. The molecule has 0 aliphatic heterocycles. The molecule has 3 aromatic rings. The molecule has 7 heteroatoms. The third-order valence-electron chi connectivity index (χ3n) is 3.86. The van der Waals surface area contributed by atoms with Gasteiger partial charge in [0.05, 0.1) is 23.1 Å². The van der Waals surface area contributed by atoms with Gasteiger partial charge in [0.15, 0.2) is 0 Å². The lowest BCUT2D eigenvalue weighted by Gasteiger charge is -2.16. The number of amides is 1. The molecule has 132 valence electrons. The SMILES string of the molecule is Cc1ccc(Nc2cncc(-c3ccccc3F)c2C(=O)NN)c(F)c1. The quantitative estimate of drug-likeness (QED) is 0.379. The number of anilines is 2. The molecule has 4 N–H and O–H groups in total. The third-order valence-corrected chi connectivity index (χ3v) is 3.86. The van der Waals surface area contributed by atoms with E-state index in [1.807, 2.05) is 5.43 Å². The second kappa shape index (κ2) is 7.28. The molecule has 5 nitrogen and oxygen atoms in total. The monoisotopic (exact) mass is 354 g/mol. The van der Waals surface area contributed by atoms with Crippen LogP contribution >= 0.6 is 0 Å². The lowest BCUT2D eigenvalue weighted by atomic mass is 9.99. The number of aromatic nitrogens is 1. The number of nitrogens with zero attached hydrogens (tertiary/aromatic N) is 1. The van der Waals surface area contributed by atoms with Crippen molar-refractivity contribution in [3.63, 3.8) is 0 Å². The number of hydrogen-bond acceptors (Lipinski definition) is 4. The van der Waals surface area contributed by atoms with Gasteiger partial charge in [-0.25, -0.2) is 14.6 Å². The number of halogens is 2. The van der Waals surface area contributed by atoms with E-state index in [-0.39, 0.29) is 28.1 Å². The standard InChI is InChI=1S/C19H16F2N4O/c1-11-6-7-16(15(21)8-11)24-17-10-23-9-13(18(17)19(26)25-22)12-4-2-3-5-14(12)20/h2-10,24H,22H2,1H3,(H,25,26). The number of rotatable bonds is 4. The smallest absolute Gasteiger partial charge is 0.268 e. The van der Waals surface area contributed by atoms with Gasteiger partial charge in [-0.2, -0.15) is 0 Å². The van der Waals surface area contributed by atoms with Crippen molar-refractivity contribution < 1.29 is 13.6 Å². The summed E-state index contributed by atoms with van der Waals surface area (Å²) in [5.74, 6) is 3.63. The second-order valence-electron chi connectivity index (χ2n) is 5.67. The molecule has 0 aliphatic rings. The molecule has 26 heavy (non-hydrogen) atoms. The molecule has 1 amide bonds. The summed E-state index contributed by atoms with van der Waals surface area (Å²) in [6.07, 6.45) is 2.72. The van der Waals surface area contributed by atoms with Gasteiger partial charge in [-0.05, 0) is 30.7 Å². The minimum Gasteiger partial charge on any atom is -0.351 e. The molecular formula is C19H16F2N4O. The van der Waals surface area contributed by atoms with E-state index in [1.165, 1.54) is 30.6 Å². The van der Waals surface area contributed by atoms with Crippen LogP contribution in [0.25, 0.3) is 11.1 Å². The molecule has 0 aliphatic carbocycles. The van der Waals surface area contributed by atoms with Gasteiger partial charge in [0.25, 0.3) is 5.91 Å². The largest absolute Gasteiger partial charge is 0.351 e. The Morgan fingerprint density at radius 3 is 2.46 bits per heavy atom. The summed E-state index contributed by atoms with van der Waals surface area (Å²) < 4.78 is 28.4. The van der Waals surface area contributed by atoms with Crippen LogP contribution in [0.2, 0.25) is 0 Å². The van der Waals surface area contributed by atoms with E-state index >= 15 is 0 Å². The van der Waals surface area contributed by atoms with E-state index in [0.29, 0.717) is 0 Å². The van der Waals surface area contributed by atoms with E-state index in [4.69, 9.17) is 5.84 Å². The number of nitrogen functional groups attached to an aromatic ring is 1. The highest BCUT2D eigenvalue weighted by molar-refractivity contribution is 6.06. The number of nitrogens with one attached hydrogen (secondary N) is 2. The number of benzene rings is 2. The van der Waals surface area contributed by atoms with Crippen molar-refractivity contribution in [2.75, 3.05) is 5.32 Å². The highest BCUT2D eigenvalue weighted by Gasteiger charge is 2.20. The molecule has 0 spiro atoms. The Morgan fingerprint density at radius 1 is 1.00 bits per heavy atom. The number of hydrogen-bond donors (Lipinski definition) is 3. The van der Waals surface area contributed by atoms with Crippen LogP contribution < -0.4 is 16.6 Å². The first-order valence-electron chi connectivity index (χ1n) is 7.78. The number of carbonyl (C=O) groups excluding carboxylic acids is 1. The zero-order valence-electron chi connectivity index (χ0n) is 13.9. The van der Waals surface area contributed by atoms with Crippen LogP contribution in [0.3, 0.4) is 0 Å². The summed E-state index contributed by atoms with van der Waals surface area (Å²) in [5.41, 5.74) is 3.65. The van der Waals surface area contributed by atoms with Crippen molar-refractivity contribution in [3.05, 3.63) is 77.6 Å². The summed E-state index contributed by atoms with van der Waals surface area (Å²) in [7, 11) is 0. The molecular weight excluding hydrogens is 338 g/mol. The van der Waals surface area contributed by atoms with E-state index in [9.17, 15) is 13.6 Å². The van der Waals surface area contributed by atoms with E-state index in [2.05, 4.69) is 10.3 Å². The van der Waals surface area contributed by atoms with Gasteiger partial charge in [0, 0.05) is 17.3 Å². The maximum atomic E-state index is 14.2. The Hall–Kier alpha value is -3.32. The minimum absolute atomic E-state index is 0.0626. The Morgan fingerprint density at radius 2 is 1.77 bits per heavy atom. The number of carbonyl (C=O) groups is 1. The van der Waals surface area contributed by atoms with Crippen LogP contribution in [-0.2, 0) is 0 Å². The zero-order valence-corrected chi connectivity index (χ0v) is 13.9. The van der Waals surface area contributed by atoms with Gasteiger partial charge in [0.2, 0.25) is 0 Å². The molecule has 0 bridgehead atoms. The second-order valence-corrected chi connectivity index (χ2v) is 5.67. The van der Waals surface area contributed by atoms with Gasteiger partial charge in [-0.1, -0.05) is 24.3 Å². The van der Waals surface area contributed by atoms with Gasteiger partial charge in [0.1, 0.15) is 11.6 Å². The average molecular weight is 354 g/mol. The number of pyridine rings is 1. The summed E-state index contributed by atoms with van der Waals surface area (Å²) in [6.45, 7) is 1.76. The molecule has 3 rings (SSSR count). The predicted octanol–water partition coefficient (Wildman–Crippen LogP) is 3.68. The summed E-state index contributed by atoms with van der Waals surface area (Å²) in [5, 5.41) is 2.84. The molecule has 0 radical (unpaired) electrons. The maximum Gasteiger partial charge on any atom is 0.268 e. The average Bonchev–Trinajstić information content (AvgIpc) is 2.63. The molecule has 2 aromatic carbocycles. The molecule has 0 saturated carbocycles. The van der Waals surface area contributed by atoms with Crippen LogP contribution in [0.4, 0.5) is 20.2 Å². The van der Waals surface area contributed by atoms with Crippen molar-refractivity contribution in [2.45, 2.75) is 6.92 Å². The van der Waals surface area contributed by atoms with Gasteiger partial charge < -0.3 is 5.32 Å². The highest BCUT2D eigenvalue weighted by atomic mass is 19.1. The first kappa shape index (κ1) is 17.5. The van der Waals surface area contributed by atoms with Gasteiger partial charge in [-0.15, -0.1) is 0 Å². The molecule has 0 fully saturated rings. The van der Waals surface area contributed by atoms with Crippen molar-refractivity contribution in [3.8, 4) is 11.1 Å². The molecule has 0 unspecified atom stereocenters. The van der Waals surface area contributed by atoms with E-state index in [0.717, 1.165) is 5.56 Å². The van der Waals surface area contributed by atoms with E-state index < -0.39 is 17.5 Å². The fourth-order valence-corrected chi connectivity index (χ4v) is 2.62. The fourth-order valence-electron chi connectivity index (χ4n) is 2.62. The lowest BCUT2D eigenvalue weighted by molar-refractivity contribution is 0.0955. The van der Waals surface area contributed by atoms with Crippen LogP contribution in [0.5, 0.6) is 0 Å². The lowest BCUT2D eigenvalue weighted by Crippen LogP contribution is -2.31. The molecule has 0 saturated heterocycles. The Labute approximate surface area is 148 Å². The summed E-state index contributed by atoms with van der Waals surface area (Å²) in [4.78, 5) is 16.4. The number of aryl methyl sites for hydroxylation is 1. The Balaban J connectivity index is 2.15. The minimum atomic E-state index is -0.652. The topological polar surface area (TPSA) is 80.0 Å². The van der Waals surface area contributed by atoms with Crippen molar-refractivity contribution in [1.82, 2.24) is 10.4 Å². The van der Waals surface area contributed by atoms with Crippen molar-refractivity contribution >= 4 is 17.3 Å². The first-order chi connectivity index (χ1) is 12.5. The Bertz CT molecular complexity index is 976. The maximum absolute atomic E-state index is 14.2. The Kier molecular flexibility index (Phi) is 4.90. The molecule has 1 heterocycles.